The van der Waals surface area contributed by atoms with Crippen molar-refractivity contribution in [2.24, 2.45) is 0 Å². The van der Waals surface area contributed by atoms with Crippen LogP contribution in [-0.2, 0) is 13.7 Å². The smallest absolute Gasteiger partial charge is 0.596 e. The molecular formula is C18H39NdO6P3+3. The fraction of sp³-hybridized carbons (Fsp3) is 1.00. The normalized spacial score (nSPS) is 11.1. The third kappa shape index (κ3) is 50.8. The Kier molecular flexibility index (Phi) is 43.7. The van der Waals surface area contributed by atoms with E-state index in [1.165, 1.54) is 0 Å². The van der Waals surface area contributed by atoms with Crippen molar-refractivity contribution in [2.45, 2.75) is 97.8 Å². The quantitative estimate of drug-likeness (QED) is 0.196. The average molecular weight is 589 g/mol. The van der Waals surface area contributed by atoms with Gasteiger partial charge in [-0.15, -0.1) is 0 Å². The molecule has 0 rings (SSSR count). The Balaban J connectivity index is -0.000000152. The number of hydrogen-bond donors (Lipinski definition) is 0. The van der Waals surface area contributed by atoms with E-state index in [-0.39, 0.29) is 40.8 Å². The summed E-state index contributed by atoms with van der Waals surface area (Å²) >= 11 is 0. The Labute approximate surface area is 208 Å². The van der Waals surface area contributed by atoms with E-state index in [9.17, 15) is 28.4 Å². The number of hydrogen-bond acceptors (Lipinski definition) is 6. The fourth-order valence-electron chi connectivity index (χ4n) is 2.00. The van der Waals surface area contributed by atoms with E-state index in [0.29, 0.717) is 18.5 Å². The summed E-state index contributed by atoms with van der Waals surface area (Å²) in [5, 5.41) is 0. The molecule has 0 bridgehead atoms. The van der Waals surface area contributed by atoms with Gasteiger partial charge in [-0.1, -0.05) is 73.0 Å². The van der Waals surface area contributed by atoms with Crippen LogP contribution < -0.4 is 14.7 Å². The van der Waals surface area contributed by atoms with Gasteiger partial charge in [0.25, 0.3) is 0 Å². The van der Waals surface area contributed by atoms with Gasteiger partial charge in [0, 0.05) is 0 Å². The molecule has 0 aromatic rings. The van der Waals surface area contributed by atoms with Crippen molar-refractivity contribution in [3.8, 4) is 0 Å². The van der Waals surface area contributed by atoms with E-state index < -0.39 is 24.1 Å². The molecule has 0 fully saturated rings. The predicted molar refractivity (Wildman–Crippen MR) is 110 cm³/mol. The van der Waals surface area contributed by atoms with Crippen LogP contribution in [0.3, 0.4) is 0 Å². The van der Waals surface area contributed by atoms with Gasteiger partial charge in [0.2, 0.25) is 0 Å². The largest absolute Gasteiger partial charge is 3.00 e. The van der Waals surface area contributed by atoms with Crippen LogP contribution in [0.5, 0.6) is 0 Å². The van der Waals surface area contributed by atoms with Crippen LogP contribution in [0.1, 0.15) is 97.8 Å². The molecule has 0 N–H and O–H groups in total. The molecule has 0 heterocycles. The van der Waals surface area contributed by atoms with E-state index in [1.54, 1.807) is 0 Å². The average Bonchev–Trinajstić information content (AvgIpc) is 2.60. The van der Waals surface area contributed by atoms with Gasteiger partial charge in [0.1, 0.15) is 18.5 Å². The van der Waals surface area contributed by atoms with E-state index in [0.717, 1.165) is 77.0 Å². The molecule has 3 atom stereocenters. The van der Waals surface area contributed by atoms with Gasteiger partial charge < -0.3 is 14.7 Å². The second-order valence-corrected chi connectivity index (χ2v) is 9.69. The maximum atomic E-state index is 10.00. The summed E-state index contributed by atoms with van der Waals surface area (Å²) in [6.07, 6.45) is 13.8. The van der Waals surface area contributed by atoms with Crippen LogP contribution in [0, 0.1) is 40.8 Å². The molecule has 163 valence electrons. The zero-order valence-electron chi connectivity index (χ0n) is 17.9. The third-order valence-electron chi connectivity index (χ3n) is 3.58. The van der Waals surface area contributed by atoms with Crippen LogP contribution in [-0.4, -0.2) is 18.5 Å². The predicted octanol–water partition coefficient (Wildman–Crippen LogP) is 5.01. The summed E-state index contributed by atoms with van der Waals surface area (Å²) < 4.78 is 30.0. The van der Waals surface area contributed by atoms with Crippen molar-refractivity contribution < 1.29 is 69.2 Å². The molecule has 0 aliphatic heterocycles. The van der Waals surface area contributed by atoms with Crippen molar-refractivity contribution in [1.29, 1.82) is 0 Å². The van der Waals surface area contributed by atoms with Gasteiger partial charge >= 0.3 is 64.9 Å². The molecule has 10 heteroatoms. The minimum atomic E-state index is -2.12. The maximum Gasteiger partial charge on any atom is 3.00 e. The number of unbranched alkanes of at least 4 members (excludes halogenated alkanes) is 9. The Morgan fingerprint density at radius 2 is 0.679 bits per heavy atom. The van der Waals surface area contributed by atoms with Gasteiger partial charge in [-0.25, -0.2) is 0 Å². The zero-order valence-corrected chi connectivity index (χ0v) is 23.8. The summed E-state index contributed by atoms with van der Waals surface area (Å²) in [7, 11) is -6.35. The van der Waals surface area contributed by atoms with E-state index >= 15 is 0 Å². The Hall–Kier alpha value is 1.53. The second kappa shape index (κ2) is 33.2. The Morgan fingerprint density at radius 3 is 0.821 bits per heavy atom. The molecule has 0 amide bonds. The summed E-state index contributed by atoms with van der Waals surface area (Å²) in [6, 6.07) is 0. The Morgan fingerprint density at radius 1 is 0.464 bits per heavy atom. The summed E-state index contributed by atoms with van der Waals surface area (Å²) in [6.45, 7) is 6.33. The van der Waals surface area contributed by atoms with E-state index in [1.807, 2.05) is 0 Å². The molecule has 0 spiro atoms. The van der Waals surface area contributed by atoms with Crippen LogP contribution in [0.25, 0.3) is 0 Å². The van der Waals surface area contributed by atoms with Crippen molar-refractivity contribution >= 4 is 24.1 Å². The maximum absolute atomic E-state index is 10.00. The van der Waals surface area contributed by atoms with Crippen LogP contribution in [0.4, 0.5) is 0 Å². The van der Waals surface area contributed by atoms with Crippen molar-refractivity contribution in [2.75, 3.05) is 18.5 Å². The summed E-state index contributed by atoms with van der Waals surface area (Å²) in [5.41, 5.74) is 0. The summed E-state index contributed by atoms with van der Waals surface area (Å²) in [5.74, 6) is 0. The first kappa shape index (κ1) is 36.9. The minimum Gasteiger partial charge on any atom is -0.596 e. The van der Waals surface area contributed by atoms with Crippen LogP contribution >= 0.6 is 24.1 Å². The first-order valence-corrected chi connectivity index (χ1v) is 14.3. The fourth-order valence-corrected chi connectivity index (χ4v) is 3.45. The molecule has 3 unspecified atom stereocenters. The molecule has 1 radical (unpaired) electrons. The third-order valence-corrected chi connectivity index (χ3v) is 5.63. The van der Waals surface area contributed by atoms with Gasteiger partial charge in [0.15, 0.2) is 0 Å². The monoisotopic (exact) mass is 586 g/mol. The zero-order chi connectivity index (χ0) is 21.3. The standard InChI is InChI=1S/3C6H13O2P.Nd/c3*1-2-3-4-5-6-9(7)8;/h3*2-6H2,1H3;/q;;;+3. The molecule has 28 heavy (non-hydrogen) atoms. The van der Waals surface area contributed by atoms with Crippen molar-refractivity contribution in [3.05, 3.63) is 0 Å². The Bertz CT molecular complexity index is 308. The topological polar surface area (TPSA) is 120 Å². The summed E-state index contributed by atoms with van der Waals surface area (Å²) in [4.78, 5) is 30.0. The van der Waals surface area contributed by atoms with E-state index in [2.05, 4.69) is 20.8 Å². The molecule has 0 aliphatic carbocycles. The molecule has 0 saturated carbocycles. The van der Waals surface area contributed by atoms with Gasteiger partial charge in [-0.05, 0) is 38.5 Å². The molecule has 0 aromatic carbocycles. The molecule has 0 saturated heterocycles. The molecule has 0 aromatic heterocycles. The van der Waals surface area contributed by atoms with Gasteiger partial charge in [-0.2, -0.15) is 0 Å². The number of rotatable bonds is 15. The van der Waals surface area contributed by atoms with Crippen molar-refractivity contribution in [3.63, 3.8) is 0 Å². The van der Waals surface area contributed by atoms with Crippen LogP contribution in [0.2, 0.25) is 0 Å². The molecule has 6 nitrogen and oxygen atoms in total. The van der Waals surface area contributed by atoms with Crippen molar-refractivity contribution in [1.82, 2.24) is 0 Å². The van der Waals surface area contributed by atoms with Crippen LogP contribution in [0.15, 0.2) is 0 Å². The first-order chi connectivity index (χ1) is 12.8. The van der Waals surface area contributed by atoms with Gasteiger partial charge in [-0.3, -0.25) is 0 Å². The minimum absolute atomic E-state index is 0. The SMILES string of the molecule is CCCCCC[P+](=O)[O-].CCCCCC[P+](=O)[O-].CCCCCC[P+](=O)[O-].[Nd+3]. The van der Waals surface area contributed by atoms with Gasteiger partial charge in [0.05, 0.1) is 0 Å². The second-order valence-electron chi connectivity index (χ2n) is 6.35. The van der Waals surface area contributed by atoms with E-state index in [4.69, 9.17) is 0 Å². The molecular weight excluding hydrogens is 549 g/mol. The molecule has 0 aliphatic rings. The first-order valence-electron chi connectivity index (χ1n) is 10.2.